The van der Waals surface area contributed by atoms with Crippen LogP contribution in [0.3, 0.4) is 0 Å². The minimum atomic E-state index is -1.05. The second kappa shape index (κ2) is 8.50. The van der Waals surface area contributed by atoms with Crippen LogP contribution in [0, 0.1) is 5.41 Å². The van der Waals surface area contributed by atoms with E-state index >= 15 is 4.79 Å². The van der Waals surface area contributed by atoms with Gasteiger partial charge in [-0.3, -0.25) is 9.59 Å². The third-order valence-corrected chi connectivity index (χ3v) is 9.19. The van der Waals surface area contributed by atoms with Crippen LogP contribution in [0.4, 0.5) is 11.4 Å². The molecule has 4 aromatic carbocycles. The monoisotopic (exact) mass is 511 g/mol. The molecule has 0 N–H and O–H groups in total. The maximum absolute atomic E-state index is 15.0. The summed E-state index contributed by atoms with van der Waals surface area (Å²) >= 11 is 0. The van der Waals surface area contributed by atoms with Crippen molar-refractivity contribution in [3.63, 3.8) is 0 Å². The third kappa shape index (κ3) is 2.98. The Bertz CT molecular complexity index is 1620. The Kier molecular flexibility index (Phi) is 5.14. The summed E-state index contributed by atoms with van der Waals surface area (Å²) in [5, 5.41) is 6.52. The van der Waals surface area contributed by atoms with Crippen molar-refractivity contribution in [3.8, 4) is 0 Å². The van der Waals surface area contributed by atoms with Gasteiger partial charge < -0.3 is 4.90 Å². The quantitative estimate of drug-likeness (QED) is 0.325. The number of hydrazone groups is 1. The molecule has 1 saturated carbocycles. The summed E-state index contributed by atoms with van der Waals surface area (Å²) < 4.78 is 0. The number of hydrogen-bond acceptors (Lipinski definition) is 3. The van der Waals surface area contributed by atoms with Crippen LogP contribution in [0.5, 0.6) is 0 Å². The van der Waals surface area contributed by atoms with Gasteiger partial charge in [0.05, 0.1) is 16.8 Å². The van der Waals surface area contributed by atoms with Crippen molar-refractivity contribution < 1.29 is 9.59 Å². The lowest BCUT2D eigenvalue weighted by Crippen LogP contribution is -2.50. The third-order valence-electron chi connectivity index (χ3n) is 9.19. The van der Waals surface area contributed by atoms with Gasteiger partial charge in [-0.05, 0) is 48.2 Å². The van der Waals surface area contributed by atoms with Crippen LogP contribution in [0.1, 0.15) is 41.9 Å². The smallest absolute Gasteiger partial charge is 0.260 e. The van der Waals surface area contributed by atoms with E-state index in [2.05, 4.69) is 30.3 Å². The highest BCUT2D eigenvalue weighted by atomic mass is 16.2. The average Bonchev–Trinajstić information content (AvgIpc) is 3.54. The van der Waals surface area contributed by atoms with Crippen LogP contribution in [-0.2, 0) is 15.0 Å². The highest BCUT2D eigenvalue weighted by molar-refractivity contribution is 6.22. The van der Waals surface area contributed by atoms with Crippen molar-refractivity contribution >= 4 is 28.9 Å². The Balaban J connectivity index is 1.56. The van der Waals surface area contributed by atoms with Crippen LogP contribution in [0.15, 0.2) is 120 Å². The van der Waals surface area contributed by atoms with Crippen molar-refractivity contribution in [2.45, 2.75) is 30.6 Å². The maximum atomic E-state index is 15.0. The van der Waals surface area contributed by atoms with Crippen LogP contribution >= 0.6 is 0 Å². The first-order valence-electron chi connectivity index (χ1n) is 13.4. The Labute approximate surface area is 228 Å². The van der Waals surface area contributed by atoms with Crippen LogP contribution in [0.2, 0.25) is 0 Å². The first kappa shape index (κ1) is 23.6. The number of benzene rings is 4. The number of likely N-dealkylation sites (N-methyl/N-ethyl adjacent to an activating group) is 1. The van der Waals surface area contributed by atoms with Crippen LogP contribution < -0.4 is 9.91 Å². The van der Waals surface area contributed by atoms with Crippen LogP contribution in [-0.4, -0.2) is 24.6 Å². The normalized spacial score (nSPS) is 27.5. The standard InChI is InChI=1S/C34H29N3O2/c1-23-34(32(39)37(35-23)26-18-10-5-11-19-26)28(24-14-6-3-7-15-24)22-33(30(34)25-16-8-4-9-17-25)27-20-12-13-21-29(27)36(2)31(33)38/h3-21,28,30H,22H2,1-2H3/t28-,30-,33+,34+/m0/s1. The summed E-state index contributed by atoms with van der Waals surface area (Å²) in [6.07, 6.45) is 0.512. The van der Waals surface area contributed by atoms with Crippen molar-refractivity contribution in [1.29, 1.82) is 0 Å². The molecule has 2 amide bonds. The van der Waals surface area contributed by atoms with Gasteiger partial charge >= 0.3 is 0 Å². The van der Waals surface area contributed by atoms with E-state index in [1.807, 2.05) is 98.9 Å². The first-order valence-corrected chi connectivity index (χ1v) is 13.4. The fourth-order valence-corrected chi connectivity index (χ4v) is 7.68. The topological polar surface area (TPSA) is 53.0 Å². The number of fused-ring (bicyclic) bond motifs is 2. The van der Waals surface area contributed by atoms with Gasteiger partial charge in [0.15, 0.2) is 0 Å². The SMILES string of the molecule is CC1=NN(c2ccccc2)C(=O)[C@]12[C@@H](c1ccccc1)[C@]1(C[C@H]2c2ccccc2)C(=O)N(C)c2ccccc21. The molecular weight excluding hydrogens is 482 g/mol. The number of rotatable bonds is 3. The molecule has 2 heterocycles. The molecule has 4 aromatic rings. The predicted octanol–water partition coefficient (Wildman–Crippen LogP) is 6.28. The zero-order chi connectivity index (χ0) is 26.8. The summed E-state index contributed by atoms with van der Waals surface area (Å²) in [6.45, 7) is 1.97. The lowest BCUT2D eigenvalue weighted by atomic mass is 9.60. The number of hydrogen-bond donors (Lipinski definition) is 0. The zero-order valence-electron chi connectivity index (χ0n) is 22.0. The largest absolute Gasteiger partial charge is 0.314 e. The minimum Gasteiger partial charge on any atom is -0.314 e. The van der Waals surface area contributed by atoms with Gasteiger partial charge in [-0.25, -0.2) is 0 Å². The van der Waals surface area contributed by atoms with Gasteiger partial charge in [0, 0.05) is 24.6 Å². The van der Waals surface area contributed by atoms with Gasteiger partial charge in [0.1, 0.15) is 5.41 Å². The minimum absolute atomic E-state index is 0.0362. The highest BCUT2D eigenvalue weighted by Crippen LogP contribution is 2.71. The van der Waals surface area contributed by atoms with Gasteiger partial charge in [-0.15, -0.1) is 0 Å². The molecule has 0 saturated heterocycles. The number of nitrogens with zero attached hydrogens (tertiary/aromatic N) is 3. The molecule has 1 aliphatic carbocycles. The van der Waals surface area contributed by atoms with E-state index in [9.17, 15) is 4.79 Å². The predicted molar refractivity (Wildman–Crippen MR) is 154 cm³/mol. The molecule has 39 heavy (non-hydrogen) atoms. The van der Waals surface area contributed by atoms with E-state index in [-0.39, 0.29) is 17.7 Å². The molecule has 2 spiro atoms. The van der Waals surface area contributed by atoms with Crippen molar-refractivity contribution in [1.82, 2.24) is 0 Å². The Hall–Kier alpha value is -4.51. The molecule has 4 atom stereocenters. The molecule has 0 unspecified atom stereocenters. The summed E-state index contributed by atoms with van der Waals surface area (Å²) in [7, 11) is 1.86. The fraction of sp³-hybridized carbons (Fsp3) is 0.206. The van der Waals surface area contributed by atoms with Crippen molar-refractivity contribution in [2.75, 3.05) is 17.0 Å². The van der Waals surface area contributed by atoms with Gasteiger partial charge in [0.2, 0.25) is 5.91 Å². The summed E-state index contributed by atoms with van der Waals surface area (Å²) in [6, 6.07) is 38.0. The first-order chi connectivity index (χ1) is 19.0. The molecule has 0 aromatic heterocycles. The molecule has 7 rings (SSSR count). The number of carbonyl (C=O) groups excluding carboxylic acids is 2. The van der Waals surface area contributed by atoms with Gasteiger partial charge in [0.25, 0.3) is 5.91 Å². The van der Waals surface area contributed by atoms with E-state index in [1.54, 1.807) is 9.91 Å². The van der Waals surface area contributed by atoms with Crippen molar-refractivity contribution in [3.05, 3.63) is 132 Å². The molecule has 5 nitrogen and oxygen atoms in total. The lowest BCUT2D eigenvalue weighted by Gasteiger charge is -2.39. The van der Waals surface area contributed by atoms with Crippen LogP contribution in [0.25, 0.3) is 0 Å². The summed E-state index contributed by atoms with van der Waals surface area (Å²) in [5.74, 6) is -0.739. The molecular formula is C34H29N3O2. The molecule has 1 fully saturated rings. The molecule has 3 aliphatic rings. The van der Waals surface area contributed by atoms with Crippen molar-refractivity contribution in [2.24, 2.45) is 10.5 Å². The molecule has 192 valence electrons. The maximum Gasteiger partial charge on any atom is 0.260 e. The van der Waals surface area contributed by atoms with Gasteiger partial charge in [-0.1, -0.05) is 97.1 Å². The second-order valence-corrected chi connectivity index (χ2v) is 10.9. The molecule has 5 heteroatoms. The number of anilines is 2. The van der Waals surface area contributed by atoms with E-state index in [1.165, 1.54) is 0 Å². The average molecular weight is 512 g/mol. The Morgan fingerprint density at radius 2 is 1.28 bits per heavy atom. The number of para-hydroxylation sites is 2. The molecule has 0 radical (unpaired) electrons. The Morgan fingerprint density at radius 1 is 0.718 bits per heavy atom. The summed E-state index contributed by atoms with van der Waals surface area (Å²) in [5.41, 5.74) is 3.43. The lowest BCUT2D eigenvalue weighted by molar-refractivity contribution is -0.126. The van der Waals surface area contributed by atoms with E-state index in [0.717, 1.165) is 33.8 Å². The number of amides is 2. The molecule has 0 bridgehead atoms. The van der Waals surface area contributed by atoms with E-state index in [4.69, 9.17) is 5.10 Å². The molecule has 2 aliphatic heterocycles. The zero-order valence-corrected chi connectivity index (χ0v) is 22.0. The number of carbonyl (C=O) groups is 2. The van der Waals surface area contributed by atoms with E-state index < -0.39 is 16.7 Å². The van der Waals surface area contributed by atoms with E-state index in [0.29, 0.717) is 6.42 Å². The Morgan fingerprint density at radius 3 is 1.95 bits per heavy atom. The fourth-order valence-electron chi connectivity index (χ4n) is 7.68. The highest BCUT2D eigenvalue weighted by Gasteiger charge is 2.75. The van der Waals surface area contributed by atoms with Gasteiger partial charge in [-0.2, -0.15) is 10.1 Å². The summed E-state index contributed by atoms with van der Waals surface area (Å²) in [4.78, 5) is 31.4. The second-order valence-electron chi connectivity index (χ2n) is 10.9.